The zero-order valence-corrected chi connectivity index (χ0v) is 22.4. The molecule has 38 heavy (non-hydrogen) atoms. The number of thiol groups is 1. The molecule has 0 bridgehead atoms. The van der Waals surface area contributed by atoms with E-state index in [1.54, 1.807) is 18.2 Å². The third kappa shape index (κ3) is 6.99. The van der Waals surface area contributed by atoms with E-state index in [0.29, 0.717) is 13.0 Å². The molecule has 210 valence electrons. The molecule has 1 saturated heterocycles. The molecule has 2 aliphatic heterocycles. The van der Waals surface area contributed by atoms with Gasteiger partial charge in [-0.05, 0) is 29.4 Å². The zero-order valence-electron chi connectivity index (χ0n) is 21.5. The Morgan fingerprint density at radius 1 is 1.16 bits per heavy atom. The van der Waals surface area contributed by atoms with E-state index in [-0.39, 0.29) is 31.2 Å². The van der Waals surface area contributed by atoms with Crippen molar-refractivity contribution in [1.29, 1.82) is 0 Å². The highest BCUT2D eigenvalue weighted by molar-refractivity contribution is 7.80. The Morgan fingerprint density at radius 2 is 1.79 bits per heavy atom. The summed E-state index contributed by atoms with van der Waals surface area (Å²) in [7, 11) is 0. The van der Waals surface area contributed by atoms with Crippen molar-refractivity contribution < 1.29 is 32.3 Å². The topological polar surface area (TPSA) is 134 Å². The summed E-state index contributed by atoms with van der Waals surface area (Å²) in [6.45, 7) is 5.07. The first-order chi connectivity index (χ1) is 17.6. The predicted octanol–water partition coefficient (Wildman–Crippen LogP) is 1.26. The number of nitrogens with zero attached hydrogens (tertiary/aromatic N) is 1. The second-order valence-electron chi connectivity index (χ2n) is 10.8. The lowest BCUT2D eigenvalue weighted by atomic mass is 9.84. The van der Waals surface area contributed by atoms with Crippen LogP contribution < -0.4 is 21.7 Å². The van der Waals surface area contributed by atoms with Crippen molar-refractivity contribution in [3.8, 4) is 0 Å². The summed E-state index contributed by atoms with van der Waals surface area (Å²) < 4.78 is 39.2. The number of alkyl halides is 3. The number of fused-ring (bicyclic) bond motifs is 1. The van der Waals surface area contributed by atoms with E-state index in [9.17, 15) is 32.3 Å². The predicted molar refractivity (Wildman–Crippen MR) is 137 cm³/mol. The number of nitrogens with one attached hydrogen (secondary N) is 3. The lowest BCUT2D eigenvalue weighted by molar-refractivity contribution is -0.176. The van der Waals surface area contributed by atoms with Crippen LogP contribution in [0.3, 0.4) is 0 Å². The molecule has 9 nitrogen and oxygen atoms in total. The van der Waals surface area contributed by atoms with Crippen LogP contribution in [0.15, 0.2) is 24.3 Å². The fourth-order valence-electron chi connectivity index (χ4n) is 4.76. The van der Waals surface area contributed by atoms with Crippen LogP contribution in [0.25, 0.3) is 0 Å². The van der Waals surface area contributed by atoms with E-state index in [4.69, 9.17) is 5.73 Å². The minimum Gasteiger partial charge on any atom is -0.356 e. The second-order valence-corrected chi connectivity index (χ2v) is 11.4. The maximum Gasteiger partial charge on any atom is 0.471 e. The number of hydrogen-bond donors (Lipinski definition) is 5. The van der Waals surface area contributed by atoms with Gasteiger partial charge in [0.15, 0.2) is 0 Å². The molecule has 0 unspecified atom stereocenters. The summed E-state index contributed by atoms with van der Waals surface area (Å²) in [6, 6.07) is 3.80. The van der Waals surface area contributed by atoms with Gasteiger partial charge in [0.2, 0.25) is 17.7 Å². The van der Waals surface area contributed by atoms with Crippen molar-refractivity contribution in [2.45, 2.75) is 76.3 Å². The van der Waals surface area contributed by atoms with Crippen molar-refractivity contribution in [2.75, 3.05) is 6.54 Å². The standard InChI is InChI=1S/C25H34F3N5O4S/c1-24(2,3)18(32-23(37)25(26,27)28)22(36)33-12-15-7-5-4-6-13(15)11-17(33)21(35)31-16(19(29)38)10-14-8-9-30-20(14)34/h4-7,14,16-19,38H,8-12,29H2,1-3H3,(H,30,34)(H,31,35)(H,32,37)/t14-,16-,17-,18+,19-/m0/s1. The average molecular weight is 558 g/mol. The first kappa shape index (κ1) is 29.8. The molecule has 0 radical (unpaired) electrons. The molecule has 0 spiro atoms. The number of halogens is 3. The van der Waals surface area contributed by atoms with Gasteiger partial charge < -0.3 is 26.6 Å². The molecule has 13 heteroatoms. The maximum atomic E-state index is 13.7. The van der Waals surface area contributed by atoms with Gasteiger partial charge in [-0.1, -0.05) is 45.0 Å². The number of rotatable bonds is 7. The van der Waals surface area contributed by atoms with E-state index in [0.717, 1.165) is 11.1 Å². The first-order valence-electron chi connectivity index (χ1n) is 12.4. The lowest BCUT2D eigenvalue weighted by Gasteiger charge is -2.41. The van der Waals surface area contributed by atoms with Crippen molar-refractivity contribution >= 4 is 36.3 Å². The Hall–Kier alpha value is -2.80. The molecular formula is C25H34F3N5O4S. The van der Waals surface area contributed by atoms with Crippen molar-refractivity contribution in [1.82, 2.24) is 20.9 Å². The maximum absolute atomic E-state index is 13.7. The quantitative estimate of drug-likeness (QED) is 0.254. The first-order valence-corrected chi connectivity index (χ1v) is 12.9. The van der Waals surface area contributed by atoms with E-state index in [1.807, 2.05) is 11.4 Å². The van der Waals surface area contributed by atoms with E-state index in [2.05, 4.69) is 23.3 Å². The Morgan fingerprint density at radius 3 is 2.32 bits per heavy atom. The third-order valence-corrected chi connectivity index (χ3v) is 7.28. The third-order valence-electron chi connectivity index (χ3n) is 6.92. The highest BCUT2D eigenvalue weighted by Gasteiger charge is 2.47. The Balaban J connectivity index is 1.90. The highest BCUT2D eigenvalue weighted by atomic mass is 32.1. The molecule has 0 aromatic heterocycles. The Bertz CT molecular complexity index is 1080. The number of carbonyl (C=O) groups is 4. The van der Waals surface area contributed by atoms with Gasteiger partial charge in [-0.2, -0.15) is 25.8 Å². The van der Waals surface area contributed by atoms with Gasteiger partial charge >= 0.3 is 12.1 Å². The molecule has 1 fully saturated rings. The van der Waals surface area contributed by atoms with Gasteiger partial charge in [0.1, 0.15) is 12.1 Å². The smallest absolute Gasteiger partial charge is 0.356 e. The number of amides is 4. The van der Waals surface area contributed by atoms with Crippen LogP contribution in [0, 0.1) is 11.3 Å². The molecule has 1 aromatic carbocycles. The van der Waals surface area contributed by atoms with E-state index >= 15 is 0 Å². The van der Waals surface area contributed by atoms with Gasteiger partial charge in [-0.3, -0.25) is 19.2 Å². The van der Waals surface area contributed by atoms with Crippen LogP contribution in [0.2, 0.25) is 0 Å². The van der Waals surface area contributed by atoms with Gasteiger partial charge in [-0.15, -0.1) is 0 Å². The minimum absolute atomic E-state index is 0.0375. The summed E-state index contributed by atoms with van der Waals surface area (Å²) in [5.74, 6) is -4.12. The van der Waals surface area contributed by atoms with E-state index < -0.39 is 52.8 Å². The summed E-state index contributed by atoms with van der Waals surface area (Å²) in [5.41, 5.74) is 6.45. The highest BCUT2D eigenvalue weighted by Crippen LogP contribution is 2.29. The normalized spacial score (nSPS) is 22.1. The molecular weight excluding hydrogens is 523 g/mol. The summed E-state index contributed by atoms with van der Waals surface area (Å²) >= 11 is 4.27. The van der Waals surface area contributed by atoms with Gasteiger partial charge in [0, 0.05) is 25.4 Å². The molecule has 4 amide bonds. The minimum atomic E-state index is -5.18. The molecule has 1 aromatic rings. The van der Waals surface area contributed by atoms with Crippen LogP contribution in [0.4, 0.5) is 13.2 Å². The summed E-state index contributed by atoms with van der Waals surface area (Å²) in [6.07, 6.45) is -4.25. The second kappa shape index (κ2) is 11.5. The molecule has 5 N–H and O–H groups in total. The van der Waals surface area contributed by atoms with E-state index in [1.165, 1.54) is 25.7 Å². The van der Waals surface area contributed by atoms with Crippen LogP contribution in [0.5, 0.6) is 0 Å². The monoisotopic (exact) mass is 557 g/mol. The molecule has 3 rings (SSSR count). The fourth-order valence-corrected chi connectivity index (χ4v) is 4.95. The Labute approximate surface area is 224 Å². The molecule has 5 atom stereocenters. The van der Waals surface area contributed by atoms with Crippen molar-refractivity contribution in [3.63, 3.8) is 0 Å². The van der Waals surface area contributed by atoms with Gasteiger partial charge in [0.05, 0.1) is 11.4 Å². The van der Waals surface area contributed by atoms with Crippen LogP contribution in [-0.4, -0.2) is 64.7 Å². The van der Waals surface area contributed by atoms with Crippen LogP contribution in [-0.2, 0) is 32.1 Å². The molecule has 0 aliphatic carbocycles. The molecule has 2 aliphatic rings. The SMILES string of the molecule is CC(C)(C)[C@H](NC(=O)C(F)(F)F)C(=O)N1Cc2ccccc2C[C@H]1C(=O)N[C@@H](C[C@@H]1CCNC1=O)[C@@H](N)S. The molecule has 0 saturated carbocycles. The number of nitrogens with two attached hydrogens (primary N) is 1. The van der Waals surface area contributed by atoms with Crippen LogP contribution >= 0.6 is 12.6 Å². The van der Waals surface area contributed by atoms with Crippen molar-refractivity contribution in [3.05, 3.63) is 35.4 Å². The van der Waals surface area contributed by atoms with Crippen LogP contribution in [0.1, 0.15) is 44.7 Å². The zero-order chi connectivity index (χ0) is 28.4. The van der Waals surface area contributed by atoms with Gasteiger partial charge in [0.25, 0.3) is 0 Å². The number of benzene rings is 1. The number of hydrogen-bond acceptors (Lipinski definition) is 6. The lowest BCUT2D eigenvalue weighted by Crippen LogP contribution is -2.62. The summed E-state index contributed by atoms with van der Waals surface area (Å²) in [5, 5.41) is 6.56. The van der Waals surface area contributed by atoms with Gasteiger partial charge in [-0.25, -0.2) is 0 Å². The summed E-state index contributed by atoms with van der Waals surface area (Å²) in [4.78, 5) is 52.4. The van der Waals surface area contributed by atoms with Crippen molar-refractivity contribution in [2.24, 2.45) is 17.1 Å². The Kier molecular flexibility index (Phi) is 9.02. The fraction of sp³-hybridized carbons (Fsp3) is 0.600. The largest absolute Gasteiger partial charge is 0.471 e. The molecule has 2 heterocycles. The number of carbonyl (C=O) groups excluding carboxylic acids is 4. The average Bonchev–Trinajstić information content (AvgIpc) is 3.23.